The Hall–Kier alpha value is -2.52. The van der Waals surface area contributed by atoms with Crippen LogP contribution in [0.3, 0.4) is 0 Å². The maximum absolute atomic E-state index is 11.7. The van der Waals surface area contributed by atoms with Gasteiger partial charge in [-0.15, -0.1) is 11.3 Å². The normalized spacial score (nSPS) is 10.8. The van der Waals surface area contributed by atoms with E-state index in [0.29, 0.717) is 18.0 Å². The van der Waals surface area contributed by atoms with Crippen LogP contribution in [0.25, 0.3) is 0 Å². The van der Waals surface area contributed by atoms with Crippen LogP contribution in [0.1, 0.15) is 36.1 Å². The highest BCUT2D eigenvalue weighted by Crippen LogP contribution is 2.18. The van der Waals surface area contributed by atoms with E-state index in [2.05, 4.69) is 16.7 Å². The lowest BCUT2D eigenvalue weighted by Crippen LogP contribution is -2.32. The van der Waals surface area contributed by atoms with Crippen LogP contribution in [0.2, 0.25) is 0 Å². The highest BCUT2D eigenvalue weighted by atomic mass is 32.1. The topological polar surface area (TPSA) is 74.2 Å². The minimum Gasteiger partial charge on any atom is -0.444 e. The van der Waals surface area contributed by atoms with Crippen molar-refractivity contribution in [2.24, 2.45) is 0 Å². The number of benzene rings is 1. The van der Waals surface area contributed by atoms with Crippen LogP contribution in [0.4, 0.5) is 10.5 Å². The van der Waals surface area contributed by atoms with Gasteiger partial charge in [-0.2, -0.15) is 5.26 Å². The van der Waals surface area contributed by atoms with Gasteiger partial charge in [-0.05, 0) is 50.6 Å². The van der Waals surface area contributed by atoms with Gasteiger partial charge < -0.3 is 15.4 Å². The van der Waals surface area contributed by atoms with Gasteiger partial charge in [0.15, 0.2) is 0 Å². The van der Waals surface area contributed by atoms with Crippen LogP contribution < -0.4 is 10.6 Å². The summed E-state index contributed by atoms with van der Waals surface area (Å²) in [7, 11) is 0. The number of alkyl carbamates (subject to hydrolysis) is 1. The lowest BCUT2D eigenvalue weighted by atomic mass is 10.2. The molecule has 0 atom stereocenters. The van der Waals surface area contributed by atoms with Gasteiger partial charge in [-0.3, -0.25) is 0 Å². The molecule has 0 saturated carbocycles. The molecule has 1 aromatic heterocycles. The molecule has 0 saturated heterocycles. The fourth-order valence-corrected chi connectivity index (χ4v) is 2.75. The monoisotopic (exact) mass is 343 g/mol. The molecule has 2 N–H and O–H groups in total. The molecule has 0 spiro atoms. The number of hydrogen-bond donors (Lipinski definition) is 2. The molecule has 0 aliphatic carbocycles. The van der Waals surface area contributed by atoms with E-state index in [0.717, 1.165) is 16.1 Å². The molecule has 0 aliphatic rings. The smallest absolute Gasteiger partial charge is 0.407 e. The summed E-state index contributed by atoms with van der Waals surface area (Å²) in [4.78, 5) is 13.5. The first-order chi connectivity index (χ1) is 11.4. The zero-order chi connectivity index (χ0) is 17.6. The summed E-state index contributed by atoms with van der Waals surface area (Å²) >= 11 is 1.48. The maximum Gasteiger partial charge on any atom is 0.407 e. The first-order valence-corrected chi connectivity index (χ1v) is 8.46. The molecule has 24 heavy (non-hydrogen) atoms. The van der Waals surface area contributed by atoms with Crippen LogP contribution in [-0.2, 0) is 17.8 Å². The van der Waals surface area contributed by atoms with Crippen molar-refractivity contribution in [1.29, 1.82) is 5.26 Å². The Bertz CT molecular complexity index is 741. The number of carbonyl (C=O) groups excluding carboxylic acids is 1. The Kier molecular flexibility index (Phi) is 5.83. The van der Waals surface area contributed by atoms with E-state index in [1.807, 2.05) is 57.2 Å². The number of rotatable bonds is 5. The Balaban J connectivity index is 1.87. The number of nitriles is 1. The molecule has 1 aromatic carbocycles. The largest absolute Gasteiger partial charge is 0.444 e. The van der Waals surface area contributed by atoms with Gasteiger partial charge in [0, 0.05) is 23.7 Å². The molecule has 2 aromatic rings. The fraction of sp³-hybridized carbons (Fsp3) is 0.333. The average molecular weight is 343 g/mol. The van der Waals surface area contributed by atoms with Crippen molar-refractivity contribution in [3.05, 3.63) is 51.7 Å². The highest BCUT2D eigenvalue weighted by molar-refractivity contribution is 7.12. The van der Waals surface area contributed by atoms with Crippen molar-refractivity contribution >= 4 is 23.1 Å². The van der Waals surface area contributed by atoms with Gasteiger partial charge >= 0.3 is 6.09 Å². The second-order valence-corrected chi connectivity index (χ2v) is 7.46. The fourth-order valence-electron chi connectivity index (χ4n) is 2.00. The van der Waals surface area contributed by atoms with Gasteiger partial charge in [0.2, 0.25) is 0 Å². The van der Waals surface area contributed by atoms with Crippen molar-refractivity contribution in [3.63, 3.8) is 0 Å². The van der Waals surface area contributed by atoms with E-state index in [1.165, 1.54) is 11.3 Å². The summed E-state index contributed by atoms with van der Waals surface area (Å²) in [5, 5.41) is 14.9. The zero-order valence-electron chi connectivity index (χ0n) is 14.1. The number of carbonyl (C=O) groups is 1. The third kappa shape index (κ3) is 5.94. The van der Waals surface area contributed by atoms with Gasteiger partial charge in [-0.25, -0.2) is 4.79 Å². The minimum absolute atomic E-state index is 0.405. The van der Waals surface area contributed by atoms with Gasteiger partial charge in [0.25, 0.3) is 0 Å². The van der Waals surface area contributed by atoms with Crippen molar-refractivity contribution < 1.29 is 9.53 Å². The number of amides is 1. The molecular formula is C18H21N3O2S. The van der Waals surface area contributed by atoms with Crippen molar-refractivity contribution in [3.8, 4) is 6.07 Å². The molecule has 0 radical (unpaired) electrons. The standard InChI is InChI=1S/C18H21N3O2S/c1-18(2,3)23-17(22)21-11-13-5-4-6-14(9-13)20-12-16-8-7-15(10-19)24-16/h4-9,20H,11-12H2,1-3H3,(H,21,22). The Morgan fingerprint density at radius 1 is 1.25 bits per heavy atom. The Morgan fingerprint density at radius 3 is 2.71 bits per heavy atom. The van der Waals surface area contributed by atoms with E-state index < -0.39 is 11.7 Å². The molecule has 1 heterocycles. The molecule has 5 nitrogen and oxygen atoms in total. The third-order valence-electron chi connectivity index (χ3n) is 3.00. The number of hydrogen-bond acceptors (Lipinski definition) is 5. The predicted molar refractivity (Wildman–Crippen MR) is 95.9 cm³/mol. The number of thiophene rings is 1. The molecule has 0 fully saturated rings. The minimum atomic E-state index is -0.503. The van der Waals surface area contributed by atoms with E-state index in [-0.39, 0.29) is 0 Å². The quantitative estimate of drug-likeness (QED) is 0.851. The molecule has 1 amide bonds. The molecule has 0 aliphatic heterocycles. The van der Waals surface area contributed by atoms with Gasteiger partial charge in [0.1, 0.15) is 16.5 Å². The number of ether oxygens (including phenoxy) is 1. The zero-order valence-corrected chi connectivity index (χ0v) is 14.9. The lowest BCUT2D eigenvalue weighted by Gasteiger charge is -2.19. The third-order valence-corrected chi connectivity index (χ3v) is 3.99. The van der Waals surface area contributed by atoms with Crippen LogP contribution in [0, 0.1) is 11.3 Å². The molecule has 126 valence electrons. The molecular weight excluding hydrogens is 322 g/mol. The van der Waals surface area contributed by atoms with E-state index in [9.17, 15) is 4.79 Å². The second kappa shape index (κ2) is 7.84. The van der Waals surface area contributed by atoms with E-state index in [1.54, 1.807) is 0 Å². The molecule has 0 bridgehead atoms. The van der Waals surface area contributed by atoms with Crippen molar-refractivity contribution in [2.45, 2.75) is 39.5 Å². The predicted octanol–water partition coefficient (Wildman–Crippen LogP) is 4.26. The summed E-state index contributed by atoms with van der Waals surface area (Å²) in [6, 6.07) is 13.7. The second-order valence-electron chi connectivity index (χ2n) is 6.29. The van der Waals surface area contributed by atoms with E-state index >= 15 is 0 Å². The summed E-state index contributed by atoms with van der Waals surface area (Å²) in [5.41, 5.74) is 1.44. The Labute approximate surface area is 146 Å². The number of nitrogens with one attached hydrogen (secondary N) is 2. The van der Waals surface area contributed by atoms with Crippen LogP contribution >= 0.6 is 11.3 Å². The van der Waals surface area contributed by atoms with Gasteiger partial charge in [-0.1, -0.05) is 12.1 Å². The van der Waals surface area contributed by atoms with E-state index in [4.69, 9.17) is 10.00 Å². The molecule has 0 unspecified atom stereocenters. The maximum atomic E-state index is 11.7. The summed E-state index contributed by atoms with van der Waals surface area (Å²) in [5.74, 6) is 0. The van der Waals surface area contributed by atoms with Crippen LogP contribution in [0.15, 0.2) is 36.4 Å². The Morgan fingerprint density at radius 2 is 2.04 bits per heavy atom. The number of nitrogens with zero attached hydrogens (tertiary/aromatic N) is 1. The average Bonchev–Trinajstić information content (AvgIpc) is 2.98. The summed E-state index contributed by atoms with van der Waals surface area (Å²) in [6.45, 7) is 6.57. The lowest BCUT2D eigenvalue weighted by molar-refractivity contribution is 0.0523. The van der Waals surface area contributed by atoms with Crippen LogP contribution in [0.5, 0.6) is 0 Å². The SMILES string of the molecule is CC(C)(C)OC(=O)NCc1cccc(NCc2ccc(C#N)s2)c1. The first-order valence-electron chi connectivity index (χ1n) is 7.64. The first kappa shape index (κ1) is 17.8. The number of anilines is 1. The van der Waals surface area contributed by atoms with Gasteiger partial charge in [0.05, 0.1) is 0 Å². The van der Waals surface area contributed by atoms with Crippen molar-refractivity contribution in [1.82, 2.24) is 5.32 Å². The summed E-state index contributed by atoms with van der Waals surface area (Å²) < 4.78 is 5.22. The summed E-state index contributed by atoms with van der Waals surface area (Å²) in [6.07, 6.45) is -0.427. The van der Waals surface area contributed by atoms with Crippen molar-refractivity contribution in [2.75, 3.05) is 5.32 Å². The van der Waals surface area contributed by atoms with Crippen LogP contribution in [-0.4, -0.2) is 11.7 Å². The molecule has 2 rings (SSSR count). The highest BCUT2D eigenvalue weighted by Gasteiger charge is 2.15. The molecule has 6 heteroatoms.